The molecule has 0 spiro atoms. The van der Waals surface area contributed by atoms with E-state index in [1.807, 2.05) is 13.8 Å². The van der Waals surface area contributed by atoms with Crippen molar-refractivity contribution in [2.75, 3.05) is 11.5 Å². The molecule has 5 heteroatoms. The van der Waals surface area contributed by atoms with Gasteiger partial charge in [-0.3, -0.25) is 0 Å². The lowest BCUT2D eigenvalue weighted by Crippen LogP contribution is -2.42. The van der Waals surface area contributed by atoms with E-state index in [9.17, 15) is 8.42 Å². The first-order valence-electron chi connectivity index (χ1n) is 6.00. The highest BCUT2D eigenvalue weighted by atomic mass is 79.9. The normalized spacial score (nSPS) is 26.4. The van der Waals surface area contributed by atoms with Gasteiger partial charge in [-0.2, -0.15) is 0 Å². The first-order valence-corrected chi connectivity index (χ1v) is 8.62. The Morgan fingerprint density at radius 1 is 1.44 bits per heavy atom. The van der Waals surface area contributed by atoms with Crippen LogP contribution in [0.15, 0.2) is 22.7 Å². The third-order valence-electron chi connectivity index (χ3n) is 3.42. The quantitative estimate of drug-likeness (QED) is 0.925. The molecule has 0 bridgehead atoms. The Morgan fingerprint density at radius 2 is 2.17 bits per heavy atom. The maximum Gasteiger partial charge on any atom is 0.152 e. The smallest absolute Gasteiger partial charge is 0.152 e. The second-order valence-corrected chi connectivity index (χ2v) is 8.39. The van der Waals surface area contributed by atoms with Gasteiger partial charge in [-0.05, 0) is 37.5 Å². The lowest BCUT2D eigenvalue weighted by atomic mass is 10.0. The van der Waals surface area contributed by atoms with E-state index in [0.29, 0.717) is 18.7 Å². The van der Waals surface area contributed by atoms with Gasteiger partial charge in [-0.1, -0.05) is 28.1 Å². The Labute approximate surface area is 117 Å². The number of hydrogen-bond acceptors (Lipinski definition) is 3. The Bertz CT molecular complexity index is 556. The molecule has 1 aliphatic heterocycles. The lowest BCUT2D eigenvalue weighted by Gasteiger charge is -2.24. The van der Waals surface area contributed by atoms with Gasteiger partial charge < -0.3 is 5.32 Å². The third kappa shape index (κ3) is 3.33. The highest BCUT2D eigenvalue weighted by molar-refractivity contribution is 9.10. The predicted octanol–water partition coefficient (Wildman–Crippen LogP) is 2.42. The molecule has 1 N–H and O–H groups in total. The number of nitrogens with one attached hydrogen (secondary N) is 1. The summed E-state index contributed by atoms with van der Waals surface area (Å²) in [4.78, 5) is 0. The molecule has 1 fully saturated rings. The monoisotopic (exact) mass is 331 g/mol. The highest BCUT2D eigenvalue weighted by Gasteiger charge is 2.37. The van der Waals surface area contributed by atoms with E-state index in [1.54, 1.807) is 0 Å². The molecule has 1 saturated heterocycles. The Hall–Kier alpha value is -0.390. The van der Waals surface area contributed by atoms with E-state index in [2.05, 4.69) is 39.4 Å². The van der Waals surface area contributed by atoms with Crippen molar-refractivity contribution >= 4 is 25.8 Å². The van der Waals surface area contributed by atoms with E-state index in [0.717, 1.165) is 10.0 Å². The summed E-state index contributed by atoms with van der Waals surface area (Å²) in [5, 5.41) is 3.38. The van der Waals surface area contributed by atoms with Gasteiger partial charge >= 0.3 is 0 Å². The zero-order valence-electron chi connectivity index (χ0n) is 10.7. The average Bonchev–Trinajstić information content (AvgIpc) is 2.52. The first-order chi connectivity index (χ1) is 8.30. The van der Waals surface area contributed by atoms with Crippen molar-refractivity contribution in [1.82, 2.24) is 5.32 Å². The van der Waals surface area contributed by atoms with Crippen molar-refractivity contribution in [1.29, 1.82) is 0 Å². The third-order valence-corrected chi connectivity index (χ3v) is 6.06. The van der Waals surface area contributed by atoms with Crippen molar-refractivity contribution in [2.24, 2.45) is 0 Å². The maximum absolute atomic E-state index is 11.5. The largest absolute Gasteiger partial charge is 0.306 e. The number of halogens is 1. The van der Waals surface area contributed by atoms with Gasteiger partial charge in [0.05, 0.1) is 11.5 Å². The van der Waals surface area contributed by atoms with E-state index >= 15 is 0 Å². The van der Waals surface area contributed by atoms with Crippen LogP contribution < -0.4 is 5.32 Å². The van der Waals surface area contributed by atoms with Crippen LogP contribution in [0.5, 0.6) is 0 Å². The zero-order chi connectivity index (χ0) is 13.4. The minimum absolute atomic E-state index is 0.240. The summed E-state index contributed by atoms with van der Waals surface area (Å²) >= 11 is 3.54. The molecule has 1 atom stereocenters. The van der Waals surface area contributed by atoms with Gasteiger partial charge in [0, 0.05) is 16.6 Å². The van der Waals surface area contributed by atoms with Crippen LogP contribution in [0, 0.1) is 6.92 Å². The van der Waals surface area contributed by atoms with Crippen LogP contribution in [-0.2, 0) is 16.4 Å². The summed E-state index contributed by atoms with van der Waals surface area (Å²) in [6.07, 6.45) is 0.693. The zero-order valence-corrected chi connectivity index (χ0v) is 13.1. The van der Waals surface area contributed by atoms with E-state index in [-0.39, 0.29) is 11.3 Å². The Balaban J connectivity index is 2.04. The highest BCUT2D eigenvalue weighted by Crippen LogP contribution is 2.25. The van der Waals surface area contributed by atoms with Crippen molar-refractivity contribution in [3.8, 4) is 0 Å². The minimum atomic E-state index is -2.85. The molecule has 0 amide bonds. The molecule has 0 saturated carbocycles. The van der Waals surface area contributed by atoms with Crippen LogP contribution in [0.1, 0.15) is 24.5 Å². The van der Waals surface area contributed by atoms with Gasteiger partial charge in [0.2, 0.25) is 0 Å². The molecule has 1 heterocycles. The lowest BCUT2D eigenvalue weighted by molar-refractivity contribution is 0.395. The molecule has 0 radical (unpaired) electrons. The molecule has 0 aliphatic carbocycles. The number of sulfone groups is 1. The molecular weight excluding hydrogens is 314 g/mol. The summed E-state index contributed by atoms with van der Waals surface area (Å²) in [5.74, 6) is 0.537. The molecule has 18 heavy (non-hydrogen) atoms. The predicted molar refractivity (Wildman–Crippen MR) is 77.4 cm³/mol. The van der Waals surface area contributed by atoms with Crippen molar-refractivity contribution in [3.05, 3.63) is 33.8 Å². The first kappa shape index (κ1) is 14.0. The van der Waals surface area contributed by atoms with Crippen molar-refractivity contribution in [2.45, 2.75) is 32.4 Å². The van der Waals surface area contributed by atoms with E-state index < -0.39 is 9.84 Å². The standard InChI is InChI=1S/C13H18BrNO2S/c1-10-3-4-11(12(14)7-10)8-15-13(2)5-6-18(16,17)9-13/h3-4,7,15H,5-6,8-9H2,1-2H3. The van der Waals surface area contributed by atoms with Crippen molar-refractivity contribution < 1.29 is 8.42 Å². The summed E-state index contributed by atoms with van der Waals surface area (Å²) in [6.45, 7) is 4.72. The number of rotatable bonds is 3. The summed E-state index contributed by atoms with van der Waals surface area (Å²) in [5.41, 5.74) is 2.08. The second-order valence-electron chi connectivity index (χ2n) is 5.35. The fourth-order valence-corrected chi connectivity index (χ4v) is 5.01. The van der Waals surface area contributed by atoms with E-state index in [4.69, 9.17) is 0 Å². The molecule has 2 rings (SSSR count). The van der Waals surface area contributed by atoms with Crippen LogP contribution in [0.25, 0.3) is 0 Å². The molecular formula is C13H18BrNO2S. The fourth-order valence-electron chi connectivity index (χ4n) is 2.25. The summed E-state index contributed by atoms with van der Waals surface area (Å²) < 4.78 is 24.1. The molecule has 1 aliphatic rings. The van der Waals surface area contributed by atoms with Crippen molar-refractivity contribution in [3.63, 3.8) is 0 Å². The van der Waals surface area contributed by atoms with Gasteiger partial charge in [0.15, 0.2) is 9.84 Å². The number of aryl methyl sites for hydroxylation is 1. The fraction of sp³-hybridized carbons (Fsp3) is 0.538. The molecule has 100 valence electrons. The van der Waals surface area contributed by atoms with Crippen LogP contribution in [0.2, 0.25) is 0 Å². The topological polar surface area (TPSA) is 46.2 Å². The number of benzene rings is 1. The maximum atomic E-state index is 11.5. The molecule has 0 aromatic heterocycles. The van der Waals surface area contributed by atoms with Crippen LogP contribution in [0.4, 0.5) is 0 Å². The average molecular weight is 332 g/mol. The molecule has 1 aromatic carbocycles. The van der Waals surface area contributed by atoms with Crippen LogP contribution >= 0.6 is 15.9 Å². The van der Waals surface area contributed by atoms with E-state index in [1.165, 1.54) is 5.56 Å². The molecule has 3 nitrogen and oxygen atoms in total. The summed E-state index contributed by atoms with van der Waals surface area (Å²) in [6, 6.07) is 6.21. The second kappa shape index (κ2) is 4.94. The summed E-state index contributed by atoms with van der Waals surface area (Å²) in [7, 11) is -2.85. The van der Waals surface area contributed by atoms with Gasteiger partial charge in [0.25, 0.3) is 0 Å². The molecule has 1 unspecified atom stereocenters. The van der Waals surface area contributed by atoms with Crippen LogP contribution in [0.3, 0.4) is 0 Å². The number of hydrogen-bond donors (Lipinski definition) is 1. The van der Waals surface area contributed by atoms with Gasteiger partial charge in [-0.25, -0.2) is 8.42 Å². The van der Waals surface area contributed by atoms with Gasteiger partial charge in [0.1, 0.15) is 0 Å². The minimum Gasteiger partial charge on any atom is -0.306 e. The van der Waals surface area contributed by atoms with Gasteiger partial charge in [-0.15, -0.1) is 0 Å². The van der Waals surface area contributed by atoms with Crippen LogP contribution in [-0.4, -0.2) is 25.5 Å². The Kier molecular flexibility index (Phi) is 3.85. The SMILES string of the molecule is Cc1ccc(CNC2(C)CCS(=O)(=O)C2)c(Br)c1. The Morgan fingerprint density at radius 3 is 2.72 bits per heavy atom. The molecule has 1 aromatic rings.